The van der Waals surface area contributed by atoms with Crippen LogP contribution in [0, 0.1) is 11.8 Å². The Morgan fingerprint density at radius 2 is 1.96 bits per heavy atom. The lowest BCUT2D eigenvalue weighted by molar-refractivity contribution is -0.112. The Balaban J connectivity index is 1.52. The van der Waals surface area contributed by atoms with Crippen LogP contribution in [-0.2, 0) is 17.8 Å². The minimum absolute atomic E-state index is 0.226. The highest BCUT2D eigenvalue weighted by Crippen LogP contribution is 2.64. The summed E-state index contributed by atoms with van der Waals surface area (Å²) in [4.78, 5) is 0. The van der Waals surface area contributed by atoms with Crippen LogP contribution in [0.5, 0.6) is 5.75 Å². The Bertz CT molecular complexity index is 683. The molecule has 120 valence electrons. The Labute approximate surface area is 136 Å². The van der Waals surface area contributed by atoms with Gasteiger partial charge in [-0.25, -0.2) is 0 Å². The molecule has 2 aliphatic carbocycles. The Kier molecular flexibility index (Phi) is 3.83. The van der Waals surface area contributed by atoms with Crippen molar-refractivity contribution in [1.82, 2.24) is 0 Å². The molecule has 1 saturated carbocycles. The van der Waals surface area contributed by atoms with E-state index in [1.165, 1.54) is 16.7 Å². The Morgan fingerprint density at radius 1 is 1.13 bits per heavy atom. The average Bonchev–Trinajstić information content (AvgIpc) is 3.15. The van der Waals surface area contributed by atoms with Crippen LogP contribution < -0.4 is 4.74 Å². The molecule has 3 nitrogen and oxygen atoms in total. The van der Waals surface area contributed by atoms with Crippen molar-refractivity contribution >= 4 is 0 Å². The summed E-state index contributed by atoms with van der Waals surface area (Å²) in [5, 5.41) is 10.2. The molecule has 1 fully saturated rings. The third kappa shape index (κ3) is 2.64. The quantitative estimate of drug-likeness (QED) is 0.830. The van der Waals surface area contributed by atoms with Gasteiger partial charge in [0.15, 0.2) is 6.29 Å². The zero-order chi connectivity index (χ0) is 15.8. The van der Waals surface area contributed by atoms with E-state index in [-0.39, 0.29) is 5.92 Å². The van der Waals surface area contributed by atoms with Crippen molar-refractivity contribution in [2.45, 2.75) is 32.2 Å². The molecule has 0 radical (unpaired) electrons. The van der Waals surface area contributed by atoms with Gasteiger partial charge in [0.1, 0.15) is 12.4 Å². The van der Waals surface area contributed by atoms with Gasteiger partial charge in [-0.2, -0.15) is 0 Å². The monoisotopic (exact) mass is 310 g/mol. The van der Waals surface area contributed by atoms with Gasteiger partial charge in [0.25, 0.3) is 0 Å². The maximum Gasteiger partial charge on any atom is 0.158 e. The summed E-state index contributed by atoms with van der Waals surface area (Å²) in [6.07, 6.45) is 0.377. The van der Waals surface area contributed by atoms with Gasteiger partial charge in [-0.15, -0.1) is 0 Å². The predicted molar refractivity (Wildman–Crippen MR) is 88.3 cm³/mol. The van der Waals surface area contributed by atoms with E-state index >= 15 is 0 Å². The van der Waals surface area contributed by atoms with Gasteiger partial charge in [0.2, 0.25) is 0 Å². The molecule has 2 aromatic carbocycles. The van der Waals surface area contributed by atoms with Crippen LogP contribution >= 0.6 is 0 Å². The third-order valence-electron chi connectivity index (χ3n) is 5.08. The molecule has 0 aromatic heterocycles. The summed E-state index contributed by atoms with van der Waals surface area (Å²) in [7, 11) is 0. The summed E-state index contributed by atoms with van der Waals surface area (Å²) in [6.45, 7) is 3.05. The molecule has 3 heteroatoms. The molecular formula is C20H22O3. The van der Waals surface area contributed by atoms with Crippen LogP contribution in [0.3, 0.4) is 0 Å². The van der Waals surface area contributed by atoms with Crippen molar-refractivity contribution in [2.24, 2.45) is 11.8 Å². The molecule has 0 saturated heterocycles. The first-order valence-electron chi connectivity index (χ1n) is 8.37. The van der Waals surface area contributed by atoms with E-state index in [0.29, 0.717) is 25.0 Å². The van der Waals surface area contributed by atoms with Crippen molar-refractivity contribution in [2.75, 3.05) is 6.61 Å². The lowest BCUT2D eigenvalue weighted by Crippen LogP contribution is -2.17. The fourth-order valence-corrected chi connectivity index (χ4v) is 4.00. The van der Waals surface area contributed by atoms with Crippen molar-refractivity contribution in [3.8, 4) is 5.75 Å². The fourth-order valence-electron chi connectivity index (χ4n) is 4.00. The molecule has 4 rings (SSSR count). The molecule has 1 unspecified atom stereocenters. The summed E-state index contributed by atoms with van der Waals surface area (Å²) in [5.41, 5.74) is 3.82. The maximum absolute atomic E-state index is 10.2. The number of aliphatic hydroxyl groups is 1. The number of hydrogen-bond acceptors (Lipinski definition) is 3. The topological polar surface area (TPSA) is 38.7 Å². The van der Waals surface area contributed by atoms with E-state index in [4.69, 9.17) is 9.47 Å². The summed E-state index contributed by atoms with van der Waals surface area (Å²) >= 11 is 0. The van der Waals surface area contributed by atoms with Crippen LogP contribution in [0.25, 0.3) is 0 Å². The van der Waals surface area contributed by atoms with E-state index in [1.807, 2.05) is 31.2 Å². The fraction of sp³-hybridized carbons (Fsp3) is 0.400. The summed E-state index contributed by atoms with van der Waals surface area (Å²) in [5.74, 6) is 2.08. The minimum Gasteiger partial charge on any atom is -0.489 e. The van der Waals surface area contributed by atoms with E-state index in [9.17, 15) is 5.11 Å². The van der Waals surface area contributed by atoms with Crippen LogP contribution in [-0.4, -0.2) is 18.0 Å². The molecule has 0 aliphatic heterocycles. The molecule has 4 atom stereocenters. The number of benzene rings is 2. The number of hydrogen-bond donors (Lipinski definition) is 1. The van der Waals surface area contributed by atoms with Crippen LogP contribution in [0.1, 0.15) is 29.5 Å². The lowest BCUT2D eigenvalue weighted by Gasteiger charge is -2.16. The van der Waals surface area contributed by atoms with Gasteiger partial charge in [-0.1, -0.05) is 42.5 Å². The SMILES string of the molecule is CCOC(O)[C@@H]1[C@H]2Cc3cccc(OCc4ccccc4)c3[C@H]21. The highest BCUT2D eigenvalue weighted by molar-refractivity contribution is 5.52. The first kappa shape index (κ1) is 14.7. The first-order chi connectivity index (χ1) is 11.3. The van der Waals surface area contributed by atoms with Gasteiger partial charge in [-0.05, 0) is 42.4 Å². The summed E-state index contributed by atoms with van der Waals surface area (Å²) in [6, 6.07) is 16.5. The smallest absolute Gasteiger partial charge is 0.158 e. The van der Waals surface area contributed by atoms with E-state index in [0.717, 1.165) is 12.2 Å². The van der Waals surface area contributed by atoms with Crippen molar-refractivity contribution in [3.05, 3.63) is 65.2 Å². The second-order valence-corrected chi connectivity index (χ2v) is 6.42. The number of ether oxygens (including phenoxy) is 2. The number of aliphatic hydroxyl groups excluding tert-OH is 1. The number of fused-ring (bicyclic) bond motifs is 3. The standard InChI is InChI=1S/C20H22O3/c1-2-22-20(21)19-15-11-14-9-6-10-16(17(14)18(15)19)23-12-13-7-4-3-5-8-13/h3-10,15,18-21H,2,11-12H2,1H3/t15-,18-,19+,20?/m0/s1. The Morgan fingerprint density at radius 3 is 2.74 bits per heavy atom. The highest BCUT2D eigenvalue weighted by atomic mass is 16.6. The summed E-state index contributed by atoms with van der Waals surface area (Å²) < 4.78 is 11.5. The van der Waals surface area contributed by atoms with Gasteiger partial charge in [0, 0.05) is 18.1 Å². The number of rotatable bonds is 6. The normalized spacial score (nSPS) is 25.6. The lowest BCUT2D eigenvalue weighted by atomic mass is 10.0. The predicted octanol–water partition coefficient (Wildman–Crippen LogP) is 3.51. The first-order valence-corrected chi connectivity index (χ1v) is 8.37. The molecule has 23 heavy (non-hydrogen) atoms. The molecular weight excluding hydrogens is 288 g/mol. The largest absolute Gasteiger partial charge is 0.489 e. The molecule has 0 heterocycles. The molecule has 0 bridgehead atoms. The van der Waals surface area contributed by atoms with E-state index < -0.39 is 6.29 Å². The second kappa shape index (κ2) is 5.99. The second-order valence-electron chi connectivity index (χ2n) is 6.42. The van der Waals surface area contributed by atoms with Crippen LogP contribution in [0.2, 0.25) is 0 Å². The molecule has 0 amide bonds. The average molecular weight is 310 g/mol. The van der Waals surface area contributed by atoms with Crippen molar-refractivity contribution in [3.63, 3.8) is 0 Å². The minimum atomic E-state index is -0.648. The zero-order valence-corrected chi connectivity index (χ0v) is 13.3. The highest BCUT2D eigenvalue weighted by Gasteiger charge is 2.60. The molecule has 1 N–H and O–H groups in total. The van der Waals surface area contributed by atoms with E-state index in [2.05, 4.69) is 24.3 Å². The molecule has 0 spiro atoms. The van der Waals surface area contributed by atoms with Crippen molar-refractivity contribution < 1.29 is 14.6 Å². The maximum atomic E-state index is 10.2. The van der Waals surface area contributed by atoms with E-state index in [1.54, 1.807) is 0 Å². The molecule has 2 aromatic rings. The zero-order valence-electron chi connectivity index (χ0n) is 13.3. The van der Waals surface area contributed by atoms with Gasteiger partial charge in [-0.3, -0.25) is 0 Å². The van der Waals surface area contributed by atoms with Crippen LogP contribution in [0.4, 0.5) is 0 Å². The van der Waals surface area contributed by atoms with Crippen LogP contribution in [0.15, 0.2) is 48.5 Å². The van der Waals surface area contributed by atoms with Gasteiger partial charge in [0.05, 0.1) is 0 Å². The molecule has 2 aliphatic rings. The Hall–Kier alpha value is -1.84. The van der Waals surface area contributed by atoms with Crippen molar-refractivity contribution in [1.29, 1.82) is 0 Å². The van der Waals surface area contributed by atoms with Gasteiger partial charge < -0.3 is 14.6 Å². The van der Waals surface area contributed by atoms with Gasteiger partial charge >= 0.3 is 0 Å². The third-order valence-corrected chi connectivity index (χ3v) is 5.08.